The third kappa shape index (κ3) is 3.62. The van der Waals surface area contributed by atoms with Gasteiger partial charge in [-0.15, -0.1) is 5.10 Å². The van der Waals surface area contributed by atoms with Gasteiger partial charge in [0.05, 0.1) is 4.92 Å². The van der Waals surface area contributed by atoms with E-state index in [9.17, 15) is 14.9 Å². The minimum Gasteiger partial charge on any atom is -0.345 e. The van der Waals surface area contributed by atoms with E-state index in [0.29, 0.717) is 11.4 Å². The lowest BCUT2D eigenvalue weighted by atomic mass is 10.2. The molecule has 0 aliphatic heterocycles. The Morgan fingerprint density at radius 2 is 2.24 bits per heavy atom. The largest absolute Gasteiger partial charge is 0.345 e. The first-order valence-corrected chi connectivity index (χ1v) is 6.41. The molecule has 1 amide bonds. The molecule has 110 valence electrons. The van der Waals surface area contributed by atoms with Crippen LogP contribution in [-0.2, 0) is 6.54 Å². The van der Waals surface area contributed by atoms with Crippen molar-refractivity contribution >= 4 is 11.6 Å². The molecule has 1 heterocycles. The van der Waals surface area contributed by atoms with Crippen molar-refractivity contribution in [2.45, 2.75) is 26.3 Å². The molecule has 2 rings (SSSR count). The monoisotopic (exact) mass is 289 g/mol. The maximum absolute atomic E-state index is 11.9. The number of carbonyl (C=O) groups is 1. The van der Waals surface area contributed by atoms with E-state index in [1.807, 2.05) is 13.8 Å². The average molecular weight is 289 g/mol. The first-order valence-electron chi connectivity index (χ1n) is 6.41. The van der Waals surface area contributed by atoms with Crippen molar-refractivity contribution in [2.24, 2.45) is 0 Å². The Labute approximate surface area is 120 Å². The molecule has 0 radical (unpaired) electrons. The molecule has 2 N–H and O–H groups in total. The summed E-state index contributed by atoms with van der Waals surface area (Å²) in [6.07, 6.45) is 0. The molecular formula is C13H15N5O3. The normalized spacial score (nSPS) is 10.6. The van der Waals surface area contributed by atoms with Crippen LogP contribution in [0.4, 0.5) is 5.69 Å². The van der Waals surface area contributed by atoms with Gasteiger partial charge in [0.1, 0.15) is 5.82 Å². The van der Waals surface area contributed by atoms with Crippen molar-refractivity contribution in [3.63, 3.8) is 0 Å². The first-order chi connectivity index (χ1) is 9.97. The second kappa shape index (κ2) is 6.12. The number of nitro groups is 1. The Bertz CT molecular complexity index is 665. The summed E-state index contributed by atoms with van der Waals surface area (Å²) in [5.74, 6) is 0.417. The van der Waals surface area contributed by atoms with Gasteiger partial charge in [-0.25, -0.2) is 4.98 Å². The molecule has 0 fully saturated rings. The summed E-state index contributed by atoms with van der Waals surface area (Å²) in [7, 11) is 0. The Kier molecular flexibility index (Phi) is 4.27. The van der Waals surface area contributed by atoms with Crippen molar-refractivity contribution in [2.75, 3.05) is 0 Å². The van der Waals surface area contributed by atoms with Gasteiger partial charge in [-0.1, -0.05) is 26.0 Å². The predicted octanol–water partition coefficient (Wildman–Crippen LogP) is 1.77. The Morgan fingerprint density at radius 1 is 1.48 bits per heavy atom. The Balaban J connectivity index is 2.00. The smallest absolute Gasteiger partial charge is 0.291 e. The zero-order valence-corrected chi connectivity index (χ0v) is 11.7. The van der Waals surface area contributed by atoms with E-state index in [4.69, 9.17) is 0 Å². The maximum Gasteiger partial charge on any atom is 0.291 e. The van der Waals surface area contributed by atoms with Gasteiger partial charge in [-0.05, 0) is 5.56 Å². The molecule has 21 heavy (non-hydrogen) atoms. The van der Waals surface area contributed by atoms with E-state index in [-0.39, 0.29) is 24.0 Å². The molecule has 0 saturated carbocycles. The van der Waals surface area contributed by atoms with Gasteiger partial charge in [0.2, 0.25) is 5.82 Å². The number of benzene rings is 1. The second-order valence-electron chi connectivity index (χ2n) is 4.81. The second-order valence-corrected chi connectivity index (χ2v) is 4.81. The molecule has 8 heteroatoms. The summed E-state index contributed by atoms with van der Waals surface area (Å²) in [5, 5.41) is 19.8. The minimum atomic E-state index is -0.477. The quantitative estimate of drug-likeness (QED) is 0.643. The van der Waals surface area contributed by atoms with Gasteiger partial charge in [0.15, 0.2) is 0 Å². The number of hydrogen-bond donors (Lipinski definition) is 2. The fourth-order valence-electron chi connectivity index (χ4n) is 1.68. The summed E-state index contributed by atoms with van der Waals surface area (Å²) in [5.41, 5.74) is 0.624. The van der Waals surface area contributed by atoms with Gasteiger partial charge < -0.3 is 5.32 Å². The summed E-state index contributed by atoms with van der Waals surface area (Å²) in [6, 6.07) is 6.08. The number of nitro benzene ring substituents is 1. The number of non-ortho nitro benzene ring substituents is 1. The number of aromatic amines is 1. The van der Waals surface area contributed by atoms with Crippen molar-refractivity contribution in [3.8, 4) is 0 Å². The van der Waals surface area contributed by atoms with E-state index in [1.165, 1.54) is 12.1 Å². The van der Waals surface area contributed by atoms with Crippen LogP contribution in [0.5, 0.6) is 0 Å². The van der Waals surface area contributed by atoms with E-state index in [0.717, 1.165) is 0 Å². The maximum atomic E-state index is 11.9. The summed E-state index contributed by atoms with van der Waals surface area (Å²) in [4.78, 5) is 26.2. The number of aromatic nitrogens is 3. The lowest BCUT2D eigenvalue weighted by Crippen LogP contribution is -2.24. The standard InChI is InChI=1S/C13H15N5O3/c1-8(2)11-15-12(17-16-11)13(19)14-7-9-4-3-5-10(6-9)18(20)21/h3-6,8H,7H2,1-2H3,(H,14,19)(H,15,16,17). The van der Waals surface area contributed by atoms with Crippen LogP contribution in [-0.4, -0.2) is 26.0 Å². The highest BCUT2D eigenvalue weighted by atomic mass is 16.6. The molecule has 0 bridgehead atoms. The summed E-state index contributed by atoms with van der Waals surface area (Å²) >= 11 is 0. The Morgan fingerprint density at radius 3 is 2.86 bits per heavy atom. The average Bonchev–Trinajstić information content (AvgIpc) is 2.95. The third-order valence-corrected chi connectivity index (χ3v) is 2.83. The van der Waals surface area contributed by atoms with E-state index in [1.54, 1.807) is 12.1 Å². The number of nitrogens with zero attached hydrogens (tertiary/aromatic N) is 3. The van der Waals surface area contributed by atoms with Crippen molar-refractivity contribution < 1.29 is 9.72 Å². The van der Waals surface area contributed by atoms with Gasteiger partial charge >= 0.3 is 0 Å². The zero-order chi connectivity index (χ0) is 15.4. The van der Waals surface area contributed by atoms with Crippen LogP contribution in [0.15, 0.2) is 24.3 Å². The Hall–Kier alpha value is -2.77. The van der Waals surface area contributed by atoms with Crippen LogP contribution >= 0.6 is 0 Å². The molecule has 0 aliphatic rings. The van der Waals surface area contributed by atoms with Gasteiger partial charge in [-0.3, -0.25) is 20.0 Å². The van der Waals surface area contributed by atoms with Crippen LogP contribution in [0.25, 0.3) is 0 Å². The molecule has 0 saturated heterocycles. The zero-order valence-electron chi connectivity index (χ0n) is 11.7. The number of hydrogen-bond acceptors (Lipinski definition) is 5. The highest BCUT2D eigenvalue weighted by molar-refractivity contribution is 5.90. The first kappa shape index (κ1) is 14.6. The van der Waals surface area contributed by atoms with Crippen LogP contribution in [0.1, 0.15) is 41.8 Å². The van der Waals surface area contributed by atoms with Gasteiger partial charge in [0, 0.05) is 24.6 Å². The minimum absolute atomic E-state index is 0.0123. The molecule has 1 aromatic carbocycles. The van der Waals surface area contributed by atoms with Crippen LogP contribution < -0.4 is 5.32 Å². The highest BCUT2D eigenvalue weighted by Gasteiger charge is 2.14. The number of rotatable bonds is 5. The molecule has 2 aromatic rings. The lowest BCUT2D eigenvalue weighted by Gasteiger charge is -2.02. The predicted molar refractivity (Wildman–Crippen MR) is 74.7 cm³/mol. The summed E-state index contributed by atoms with van der Waals surface area (Å²) in [6.45, 7) is 4.04. The van der Waals surface area contributed by atoms with E-state index in [2.05, 4.69) is 20.5 Å². The molecule has 0 aliphatic carbocycles. The molecule has 0 atom stereocenters. The number of carbonyl (C=O) groups excluding carboxylic acids is 1. The molecule has 0 spiro atoms. The fourth-order valence-corrected chi connectivity index (χ4v) is 1.68. The van der Waals surface area contributed by atoms with Crippen LogP contribution in [0, 0.1) is 10.1 Å². The van der Waals surface area contributed by atoms with Crippen molar-refractivity contribution in [1.29, 1.82) is 0 Å². The van der Waals surface area contributed by atoms with E-state index >= 15 is 0 Å². The van der Waals surface area contributed by atoms with Crippen LogP contribution in [0.2, 0.25) is 0 Å². The SMILES string of the molecule is CC(C)c1nc(C(=O)NCc2cccc([N+](=O)[O-])c2)n[nH]1. The van der Waals surface area contributed by atoms with Crippen molar-refractivity contribution in [3.05, 3.63) is 51.6 Å². The van der Waals surface area contributed by atoms with Crippen LogP contribution in [0.3, 0.4) is 0 Å². The number of amides is 1. The van der Waals surface area contributed by atoms with E-state index < -0.39 is 10.8 Å². The number of H-pyrrole nitrogens is 1. The number of nitrogens with one attached hydrogen (secondary N) is 2. The highest BCUT2D eigenvalue weighted by Crippen LogP contribution is 2.13. The third-order valence-electron chi connectivity index (χ3n) is 2.83. The van der Waals surface area contributed by atoms with Crippen molar-refractivity contribution in [1.82, 2.24) is 20.5 Å². The molecule has 8 nitrogen and oxygen atoms in total. The molecule has 0 unspecified atom stereocenters. The topological polar surface area (TPSA) is 114 Å². The molecular weight excluding hydrogens is 274 g/mol. The molecule has 1 aromatic heterocycles. The van der Waals surface area contributed by atoms with Gasteiger partial charge in [0.25, 0.3) is 11.6 Å². The summed E-state index contributed by atoms with van der Waals surface area (Å²) < 4.78 is 0. The van der Waals surface area contributed by atoms with Gasteiger partial charge in [-0.2, -0.15) is 0 Å². The lowest BCUT2D eigenvalue weighted by molar-refractivity contribution is -0.384. The fraction of sp³-hybridized carbons (Fsp3) is 0.308.